The number of H-pyrrole nitrogens is 1. The molecule has 0 radical (unpaired) electrons. The van der Waals surface area contributed by atoms with Crippen LogP contribution in [0.4, 0.5) is 0 Å². The van der Waals surface area contributed by atoms with Crippen LogP contribution < -0.4 is 0 Å². The van der Waals surface area contributed by atoms with Crippen LogP contribution in [0.2, 0.25) is 0 Å². The molecule has 0 bridgehead atoms. The second-order valence-electron chi connectivity index (χ2n) is 6.45. The fourth-order valence-electron chi connectivity index (χ4n) is 3.47. The fourth-order valence-corrected chi connectivity index (χ4v) is 3.47. The molecule has 1 saturated heterocycles. The molecule has 1 unspecified atom stereocenters. The Bertz CT molecular complexity index is 704. The van der Waals surface area contributed by atoms with Crippen LogP contribution >= 0.6 is 0 Å². The van der Waals surface area contributed by atoms with E-state index in [2.05, 4.69) is 29.3 Å². The standard InChI is InChI=1S/C19H25N3O2/c1-13-6-4-5-7-16(13)8-9-18(23)22-10-11-24-12-17(22)19-14(2)20-21-15(19)3/h4-7,17H,8-12H2,1-3H3,(H,20,21). The zero-order valence-corrected chi connectivity index (χ0v) is 14.6. The maximum absolute atomic E-state index is 12.9. The number of aryl methyl sites for hydroxylation is 4. The molecule has 1 aliphatic heterocycles. The van der Waals surface area contributed by atoms with Crippen molar-refractivity contribution in [3.8, 4) is 0 Å². The zero-order chi connectivity index (χ0) is 17.1. The second kappa shape index (κ2) is 7.18. The van der Waals surface area contributed by atoms with Crippen molar-refractivity contribution >= 4 is 5.91 Å². The highest BCUT2D eigenvalue weighted by molar-refractivity contribution is 5.77. The van der Waals surface area contributed by atoms with Crippen LogP contribution in [0.25, 0.3) is 0 Å². The molecule has 0 aliphatic carbocycles. The average Bonchev–Trinajstić information content (AvgIpc) is 2.92. The highest BCUT2D eigenvalue weighted by Gasteiger charge is 2.31. The molecule has 0 saturated carbocycles. The summed E-state index contributed by atoms with van der Waals surface area (Å²) in [4.78, 5) is 14.8. The number of aromatic nitrogens is 2. The highest BCUT2D eigenvalue weighted by atomic mass is 16.5. The van der Waals surface area contributed by atoms with Gasteiger partial charge in [0.15, 0.2) is 0 Å². The van der Waals surface area contributed by atoms with Crippen molar-refractivity contribution < 1.29 is 9.53 Å². The van der Waals surface area contributed by atoms with E-state index >= 15 is 0 Å². The maximum Gasteiger partial charge on any atom is 0.223 e. The molecular weight excluding hydrogens is 302 g/mol. The van der Waals surface area contributed by atoms with Gasteiger partial charge in [-0.3, -0.25) is 9.89 Å². The summed E-state index contributed by atoms with van der Waals surface area (Å²) < 4.78 is 5.64. The smallest absolute Gasteiger partial charge is 0.223 e. The van der Waals surface area contributed by atoms with E-state index in [1.165, 1.54) is 11.1 Å². The molecule has 24 heavy (non-hydrogen) atoms. The number of rotatable bonds is 4. The van der Waals surface area contributed by atoms with E-state index in [0.717, 1.165) is 23.4 Å². The number of carbonyl (C=O) groups excluding carboxylic acids is 1. The van der Waals surface area contributed by atoms with E-state index < -0.39 is 0 Å². The van der Waals surface area contributed by atoms with Gasteiger partial charge in [-0.25, -0.2) is 0 Å². The molecule has 1 atom stereocenters. The number of hydrogen-bond donors (Lipinski definition) is 1. The molecule has 1 aromatic carbocycles. The van der Waals surface area contributed by atoms with Crippen LogP contribution in [0.1, 0.15) is 40.5 Å². The predicted molar refractivity (Wildman–Crippen MR) is 92.8 cm³/mol. The number of carbonyl (C=O) groups is 1. The molecule has 0 spiro atoms. The Morgan fingerprint density at radius 2 is 2.12 bits per heavy atom. The lowest BCUT2D eigenvalue weighted by Crippen LogP contribution is -2.43. The van der Waals surface area contributed by atoms with Crippen molar-refractivity contribution in [2.75, 3.05) is 19.8 Å². The lowest BCUT2D eigenvalue weighted by molar-refractivity contribution is -0.140. The maximum atomic E-state index is 12.9. The first-order chi connectivity index (χ1) is 11.6. The average molecular weight is 327 g/mol. The largest absolute Gasteiger partial charge is 0.377 e. The molecule has 2 aromatic rings. The Balaban J connectivity index is 1.73. The summed E-state index contributed by atoms with van der Waals surface area (Å²) in [7, 11) is 0. The molecule has 5 nitrogen and oxygen atoms in total. The fraction of sp³-hybridized carbons (Fsp3) is 0.474. The van der Waals surface area contributed by atoms with Gasteiger partial charge in [-0.1, -0.05) is 24.3 Å². The van der Waals surface area contributed by atoms with Crippen molar-refractivity contribution in [1.82, 2.24) is 15.1 Å². The zero-order valence-electron chi connectivity index (χ0n) is 14.6. The Morgan fingerprint density at radius 3 is 2.83 bits per heavy atom. The van der Waals surface area contributed by atoms with Crippen LogP contribution in [-0.2, 0) is 16.0 Å². The molecular formula is C19H25N3O2. The van der Waals surface area contributed by atoms with Gasteiger partial charge in [0.2, 0.25) is 5.91 Å². The Morgan fingerprint density at radius 1 is 1.33 bits per heavy atom. The Labute approximate surface area is 143 Å². The number of nitrogens with one attached hydrogen (secondary N) is 1. The molecule has 5 heteroatoms. The van der Waals surface area contributed by atoms with E-state index in [0.29, 0.717) is 26.2 Å². The van der Waals surface area contributed by atoms with Crippen LogP contribution in [0.3, 0.4) is 0 Å². The van der Waals surface area contributed by atoms with E-state index in [1.54, 1.807) is 0 Å². The van der Waals surface area contributed by atoms with Gasteiger partial charge in [0.05, 0.1) is 24.9 Å². The van der Waals surface area contributed by atoms with E-state index in [9.17, 15) is 4.79 Å². The number of ether oxygens (including phenoxy) is 1. The predicted octanol–water partition coefficient (Wildman–Crippen LogP) is 2.87. The van der Waals surface area contributed by atoms with Crippen molar-refractivity contribution in [2.45, 2.75) is 39.7 Å². The van der Waals surface area contributed by atoms with Gasteiger partial charge in [-0.05, 0) is 38.3 Å². The van der Waals surface area contributed by atoms with E-state index in [4.69, 9.17) is 4.74 Å². The molecule has 1 aromatic heterocycles. The van der Waals surface area contributed by atoms with Crippen molar-refractivity contribution in [1.29, 1.82) is 0 Å². The minimum atomic E-state index is -0.0399. The topological polar surface area (TPSA) is 58.2 Å². The highest BCUT2D eigenvalue weighted by Crippen LogP contribution is 2.29. The molecule has 1 N–H and O–H groups in total. The summed E-state index contributed by atoms with van der Waals surface area (Å²) in [5.41, 5.74) is 5.54. The van der Waals surface area contributed by atoms with Crippen LogP contribution in [-0.4, -0.2) is 40.8 Å². The number of hydrogen-bond acceptors (Lipinski definition) is 3. The molecule has 128 valence electrons. The van der Waals surface area contributed by atoms with Gasteiger partial charge in [-0.15, -0.1) is 0 Å². The normalized spacial score (nSPS) is 18.0. The summed E-state index contributed by atoms with van der Waals surface area (Å²) in [5, 5.41) is 7.29. The SMILES string of the molecule is Cc1ccccc1CCC(=O)N1CCOCC1c1c(C)n[nH]c1C. The molecule has 1 fully saturated rings. The van der Waals surface area contributed by atoms with Gasteiger partial charge >= 0.3 is 0 Å². The Hall–Kier alpha value is -2.14. The summed E-state index contributed by atoms with van der Waals surface area (Å²) in [6.45, 7) is 7.85. The number of nitrogens with zero attached hydrogens (tertiary/aromatic N) is 2. The first-order valence-electron chi connectivity index (χ1n) is 8.51. The first-order valence-corrected chi connectivity index (χ1v) is 8.51. The monoisotopic (exact) mass is 327 g/mol. The second-order valence-corrected chi connectivity index (χ2v) is 6.45. The van der Waals surface area contributed by atoms with E-state index in [1.807, 2.05) is 30.9 Å². The molecule has 3 rings (SSSR count). The quantitative estimate of drug-likeness (QED) is 0.939. The third-order valence-corrected chi connectivity index (χ3v) is 4.84. The third kappa shape index (κ3) is 3.36. The summed E-state index contributed by atoms with van der Waals surface area (Å²) in [5.74, 6) is 0.187. The van der Waals surface area contributed by atoms with Gasteiger partial charge < -0.3 is 9.64 Å². The van der Waals surface area contributed by atoms with Crippen molar-refractivity contribution in [3.05, 3.63) is 52.3 Å². The van der Waals surface area contributed by atoms with Gasteiger partial charge in [0, 0.05) is 24.2 Å². The summed E-state index contributed by atoms with van der Waals surface area (Å²) in [6.07, 6.45) is 1.30. The number of benzene rings is 1. The number of aromatic amines is 1. The molecule has 2 heterocycles. The summed E-state index contributed by atoms with van der Waals surface area (Å²) in [6, 6.07) is 8.22. The number of morpholine rings is 1. The minimum absolute atomic E-state index is 0.0399. The molecule has 1 amide bonds. The first kappa shape index (κ1) is 16.7. The van der Waals surface area contributed by atoms with Gasteiger partial charge in [-0.2, -0.15) is 5.10 Å². The minimum Gasteiger partial charge on any atom is -0.377 e. The third-order valence-electron chi connectivity index (χ3n) is 4.84. The van der Waals surface area contributed by atoms with Crippen molar-refractivity contribution in [3.63, 3.8) is 0 Å². The summed E-state index contributed by atoms with van der Waals surface area (Å²) >= 11 is 0. The Kier molecular flexibility index (Phi) is 5.00. The van der Waals surface area contributed by atoms with Crippen LogP contribution in [0, 0.1) is 20.8 Å². The van der Waals surface area contributed by atoms with Crippen LogP contribution in [0.15, 0.2) is 24.3 Å². The van der Waals surface area contributed by atoms with E-state index in [-0.39, 0.29) is 11.9 Å². The van der Waals surface area contributed by atoms with Crippen molar-refractivity contribution in [2.24, 2.45) is 0 Å². The molecule has 1 aliphatic rings. The number of amides is 1. The van der Waals surface area contributed by atoms with Gasteiger partial charge in [0.25, 0.3) is 0 Å². The lowest BCUT2D eigenvalue weighted by Gasteiger charge is -2.36. The van der Waals surface area contributed by atoms with Crippen LogP contribution in [0.5, 0.6) is 0 Å². The lowest BCUT2D eigenvalue weighted by atomic mass is 10.0. The van der Waals surface area contributed by atoms with Gasteiger partial charge in [0.1, 0.15) is 0 Å².